The Hall–Kier alpha value is -1.88. The molecule has 1 saturated heterocycles. The molecule has 0 aliphatic carbocycles. The van der Waals surface area contributed by atoms with Crippen LogP contribution in [-0.4, -0.2) is 60.9 Å². The van der Waals surface area contributed by atoms with E-state index in [1.165, 1.54) is 5.56 Å². The first-order chi connectivity index (χ1) is 11.1. The summed E-state index contributed by atoms with van der Waals surface area (Å²) in [6.45, 7) is 4.93. The molecule has 1 heterocycles. The first-order valence-electron chi connectivity index (χ1n) is 8.41. The Labute approximate surface area is 138 Å². The lowest BCUT2D eigenvalue weighted by atomic mass is 10.1. The molecule has 1 aliphatic rings. The SMILES string of the molecule is CCN(C)C(=O)C[C@H]1C(=O)NCCN1CCCc1ccccc1. The topological polar surface area (TPSA) is 52.7 Å². The zero-order valence-corrected chi connectivity index (χ0v) is 14.1. The van der Waals surface area contributed by atoms with Crippen molar-refractivity contribution in [1.29, 1.82) is 0 Å². The molecular formula is C18H27N3O2. The van der Waals surface area contributed by atoms with Crippen molar-refractivity contribution in [2.45, 2.75) is 32.2 Å². The van der Waals surface area contributed by atoms with Gasteiger partial charge in [-0.2, -0.15) is 0 Å². The Morgan fingerprint density at radius 1 is 1.35 bits per heavy atom. The fourth-order valence-corrected chi connectivity index (χ4v) is 2.88. The molecule has 0 spiro atoms. The van der Waals surface area contributed by atoms with E-state index in [1.807, 2.05) is 25.1 Å². The van der Waals surface area contributed by atoms with Crippen LogP contribution >= 0.6 is 0 Å². The van der Waals surface area contributed by atoms with Crippen molar-refractivity contribution in [3.05, 3.63) is 35.9 Å². The lowest BCUT2D eigenvalue weighted by molar-refractivity contribution is -0.138. The number of carbonyl (C=O) groups excluding carboxylic acids is 2. The van der Waals surface area contributed by atoms with Crippen LogP contribution in [0.25, 0.3) is 0 Å². The molecule has 1 aromatic rings. The van der Waals surface area contributed by atoms with E-state index in [1.54, 1.807) is 11.9 Å². The molecule has 1 aliphatic heterocycles. The summed E-state index contributed by atoms with van der Waals surface area (Å²) in [5.41, 5.74) is 1.31. The van der Waals surface area contributed by atoms with Crippen LogP contribution in [0.1, 0.15) is 25.3 Å². The molecule has 23 heavy (non-hydrogen) atoms. The largest absolute Gasteiger partial charge is 0.353 e. The van der Waals surface area contributed by atoms with Crippen LogP contribution in [0, 0.1) is 0 Å². The lowest BCUT2D eigenvalue weighted by Crippen LogP contribution is -2.56. The van der Waals surface area contributed by atoms with E-state index in [0.717, 1.165) is 25.9 Å². The van der Waals surface area contributed by atoms with Crippen LogP contribution in [0.15, 0.2) is 30.3 Å². The summed E-state index contributed by atoms with van der Waals surface area (Å²) in [5.74, 6) is 0.0106. The molecule has 0 saturated carbocycles. The Morgan fingerprint density at radius 3 is 2.78 bits per heavy atom. The van der Waals surface area contributed by atoms with E-state index < -0.39 is 0 Å². The Bertz CT molecular complexity index is 518. The fraction of sp³-hybridized carbons (Fsp3) is 0.556. The Morgan fingerprint density at radius 2 is 2.09 bits per heavy atom. The highest BCUT2D eigenvalue weighted by atomic mass is 16.2. The molecule has 0 bridgehead atoms. The second-order valence-electron chi connectivity index (χ2n) is 6.04. The minimum Gasteiger partial charge on any atom is -0.353 e. The van der Waals surface area contributed by atoms with Crippen molar-refractivity contribution in [2.75, 3.05) is 33.2 Å². The molecule has 1 aromatic carbocycles. The van der Waals surface area contributed by atoms with E-state index in [-0.39, 0.29) is 24.3 Å². The van der Waals surface area contributed by atoms with E-state index in [9.17, 15) is 9.59 Å². The maximum Gasteiger partial charge on any atom is 0.237 e. The van der Waals surface area contributed by atoms with Gasteiger partial charge in [-0.1, -0.05) is 30.3 Å². The van der Waals surface area contributed by atoms with E-state index in [4.69, 9.17) is 0 Å². The molecule has 0 radical (unpaired) electrons. The van der Waals surface area contributed by atoms with Crippen LogP contribution in [-0.2, 0) is 16.0 Å². The molecular weight excluding hydrogens is 290 g/mol. The molecule has 1 atom stereocenters. The third-order valence-corrected chi connectivity index (χ3v) is 4.46. The van der Waals surface area contributed by atoms with Gasteiger partial charge in [0, 0.05) is 26.7 Å². The highest BCUT2D eigenvalue weighted by Crippen LogP contribution is 2.12. The van der Waals surface area contributed by atoms with Gasteiger partial charge in [0.2, 0.25) is 11.8 Å². The van der Waals surface area contributed by atoms with Gasteiger partial charge in [0.1, 0.15) is 0 Å². The van der Waals surface area contributed by atoms with Gasteiger partial charge in [0.25, 0.3) is 0 Å². The van der Waals surface area contributed by atoms with E-state index in [0.29, 0.717) is 13.1 Å². The number of amides is 2. The van der Waals surface area contributed by atoms with Gasteiger partial charge < -0.3 is 10.2 Å². The molecule has 1 N–H and O–H groups in total. The highest BCUT2D eigenvalue weighted by molar-refractivity contribution is 5.88. The number of nitrogens with one attached hydrogen (secondary N) is 1. The van der Waals surface area contributed by atoms with E-state index >= 15 is 0 Å². The number of nitrogens with zero attached hydrogens (tertiary/aromatic N) is 2. The van der Waals surface area contributed by atoms with Crippen LogP contribution < -0.4 is 5.32 Å². The van der Waals surface area contributed by atoms with Crippen molar-refractivity contribution in [3.63, 3.8) is 0 Å². The fourth-order valence-electron chi connectivity index (χ4n) is 2.88. The van der Waals surface area contributed by atoms with Crippen molar-refractivity contribution in [2.24, 2.45) is 0 Å². The summed E-state index contributed by atoms with van der Waals surface area (Å²) in [5, 5.41) is 2.88. The lowest BCUT2D eigenvalue weighted by Gasteiger charge is -2.35. The molecule has 126 valence electrons. The number of aryl methyl sites for hydroxylation is 1. The van der Waals surface area contributed by atoms with Gasteiger partial charge in [0.05, 0.1) is 12.5 Å². The maximum atomic E-state index is 12.2. The van der Waals surface area contributed by atoms with Crippen LogP contribution in [0.5, 0.6) is 0 Å². The van der Waals surface area contributed by atoms with Crippen LogP contribution in [0.2, 0.25) is 0 Å². The standard InChI is InChI=1S/C18H27N3O2/c1-3-20(2)17(22)14-16-18(23)19-11-13-21(16)12-7-10-15-8-5-4-6-9-15/h4-6,8-9,16H,3,7,10-14H2,1-2H3,(H,19,23)/t16-/m0/s1. The van der Waals surface area contributed by atoms with Gasteiger partial charge >= 0.3 is 0 Å². The number of benzene rings is 1. The Kier molecular flexibility index (Phi) is 6.59. The van der Waals surface area contributed by atoms with Crippen molar-refractivity contribution < 1.29 is 9.59 Å². The minimum atomic E-state index is -0.332. The minimum absolute atomic E-state index is 0.0196. The van der Waals surface area contributed by atoms with E-state index in [2.05, 4.69) is 22.3 Å². The zero-order chi connectivity index (χ0) is 16.7. The molecule has 1 fully saturated rings. The number of hydrogen-bond acceptors (Lipinski definition) is 3. The third-order valence-electron chi connectivity index (χ3n) is 4.46. The van der Waals surface area contributed by atoms with Crippen molar-refractivity contribution in [1.82, 2.24) is 15.1 Å². The predicted octanol–water partition coefficient (Wildman–Crippen LogP) is 1.29. The number of rotatable bonds is 7. The third kappa shape index (κ3) is 5.06. The maximum absolute atomic E-state index is 12.2. The summed E-state index contributed by atoms with van der Waals surface area (Å²) in [6, 6.07) is 10.0. The normalized spacial score (nSPS) is 18.5. The first kappa shape index (κ1) is 17.5. The van der Waals surface area contributed by atoms with Gasteiger partial charge in [-0.25, -0.2) is 0 Å². The quantitative estimate of drug-likeness (QED) is 0.824. The molecule has 0 unspecified atom stereocenters. The van der Waals surface area contributed by atoms with Crippen molar-refractivity contribution in [3.8, 4) is 0 Å². The average molecular weight is 317 g/mol. The van der Waals surface area contributed by atoms with Gasteiger partial charge in [-0.3, -0.25) is 14.5 Å². The summed E-state index contributed by atoms with van der Waals surface area (Å²) in [7, 11) is 1.78. The molecule has 2 amide bonds. The van der Waals surface area contributed by atoms with Gasteiger partial charge in [0.15, 0.2) is 0 Å². The second kappa shape index (κ2) is 8.67. The average Bonchev–Trinajstić information content (AvgIpc) is 2.57. The number of piperazine rings is 1. The highest BCUT2D eigenvalue weighted by Gasteiger charge is 2.31. The summed E-state index contributed by atoms with van der Waals surface area (Å²) >= 11 is 0. The van der Waals surface area contributed by atoms with Gasteiger partial charge in [-0.15, -0.1) is 0 Å². The molecule has 5 heteroatoms. The predicted molar refractivity (Wildman–Crippen MR) is 91.1 cm³/mol. The zero-order valence-electron chi connectivity index (χ0n) is 14.1. The summed E-state index contributed by atoms with van der Waals surface area (Å²) in [6.07, 6.45) is 2.25. The van der Waals surface area contributed by atoms with Crippen LogP contribution in [0.4, 0.5) is 0 Å². The molecule has 0 aromatic heterocycles. The number of hydrogen-bond donors (Lipinski definition) is 1. The monoisotopic (exact) mass is 317 g/mol. The summed E-state index contributed by atoms with van der Waals surface area (Å²) < 4.78 is 0. The van der Waals surface area contributed by atoms with Gasteiger partial charge in [-0.05, 0) is 31.9 Å². The molecule has 5 nitrogen and oxygen atoms in total. The number of carbonyl (C=O) groups is 2. The second-order valence-corrected chi connectivity index (χ2v) is 6.04. The molecule has 2 rings (SSSR count). The Balaban J connectivity index is 1.89. The smallest absolute Gasteiger partial charge is 0.237 e. The first-order valence-corrected chi connectivity index (χ1v) is 8.41. The van der Waals surface area contributed by atoms with Crippen LogP contribution in [0.3, 0.4) is 0 Å². The summed E-state index contributed by atoms with van der Waals surface area (Å²) in [4.78, 5) is 28.1. The van der Waals surface area contributed by atoms with Crippen molar-refractivity contribution >= 4 is 11.8 Å².